The molecule has 2 aromatic carbocycles. The number of rotatable bonds is 3. The van der Waals surface area contributed by atoms with Crippen LogP contribution in [0.5, 0.6) is 0 Å². The van der Waals surface area contributed by atoms with Crippen LogP contribution in [0.3, 0.4) is 0 Å². The summed E-state index contributed by atoms with van der Waals surface area (Å²) in [5, 5.41) is 3.48. The van der Waals surface area contributed by atoms with Gasteiger partial charge in [0.2, 0.25) is 0 Å². The SMILES string of the molecule is Cc1cccc(C(c2cc(C)c(C)cc2C)N2CCNCC2)c1. The highest BCUT2D eigenvalue weighted by molar-refractivity contribution is 5.43. The molecule has 3 rings (SSSR count). The van der Waals surface area contributed by atoms with Gasteiger partial charge < -0.3 is 5.32 Å². The van der Waals surface area contributed by atoms with Crippen LogP contribution in [-0.2, 0) is 0 Å². The van der Waals surface area contributed by atoms with Crippen LogP contribution < -0.4 is 5.32 Å². The largest absolute Gasteiger partial charge is 0.314 e. The van der Waals surface area contributed by atoms with Crippen molar-refractivity contribution in [1.82, 2.24) is 10.2 Å². The molecule has 0 bridgehead atoms. The third-order valence-electron chi connectivity index (χ3n) is 5.05. The summed E-state index contributed by atoms with van der Waals surface area (Å²) < 4.78 is 0. The number of nitrogens with one attached hydrogen (secondary N) is 1. The second-order valence-electron chi connectivity index (χ2n) is 6.90. The normalized spacial score (nSPS) is 17.2. The Hall–Kier alpha value is -1.64. The molecule has 1 heterocycles. The minimum absolute atomic E-state index is 0.358. The van der Waals surface area contributed by atoms with Crippen molar-refractivity contribution in [2.45, 2.75) is 33.7 Å². The van der Waals surface area contributed by atoms with Crippen molar-refractivity contribution >= 4 is 0 Å². The van der Waals surface area contributed by atoms with Gasteiger partial charge >= 0.3 is 0 Å². The standard InChI is InChI=1S/C21H28N2/c1-15-6-5-7-19(12-15)21(23-10-8-22-9-11-23)20-14-17(3)16(2)13-18(20)4/h5-7,12-14,21-22H,8-11H2,1-4H3. The summed E-state index contributed by atoms with van der Waals surface area (Å²) in [5.41, 5.74) is 8.38. The zero-order chi connectivity index (χ0) is 16.4. The predicted octanol–water partition coefficient (Wildman–Crippen LogP) is 3.91. The van der Waals surface area contributed by atoms with E-state index >= 15 is 0 Å². The number of piperazine rings is 1. The summed E-state index contributed by atoms with van der Waals surface area (Å²) in [5.74, 6) is 0. The number of hydrogen-bond donors (Lipinski definition) is 1. The molecule has 1 atom stereocenters. The average molecular weight is 308 g/mol. The zero-order valence-corrected chi connectivity index (χ0v) is 14.8. The molecule has 0 radical (unpaired) electrons. The Bertz CT molecular complexity index is 684. The van der Waals surface area contributed by atoms with Crippen LogP contribution in [0.25, 0.3) is 0 Å². The molecule has 0 aromatic heterocycles. The van der Waals surface area contributed by atoms with Crippen molar-refractivity contribution in [3.63, 3.8) is 0 Å². The third kappa shape index (κ3) is 3.49. The lowest BCUT2D eigenvalue weighted by Gasteiger charge is -2.36. The van der Waals surface area contributed by atoms with E-state index in [9.17, 15) is 0 Å². The molecule has 1 fully saturated rings. The van der Waals surface area contributed by atoms with Gasteiger partial charge in [-0.25, -0.2) is 0 Å². The van der Waals surface area contributed by atoms with Gasteiger partial charge in [0.05, 0.1) is 6.04 Å². The van der Waals surface area contributed by atoms with Crippen molar-refractivity contribution in [2.24, 2.45) is 0 Å². The Morgan fingerprint density at radius 3 is 2.26 bits per heavy atom. The lowest BCUT2D eigenvalue weighted by atomic mass is 9.89. The minimum atomic E-state index is 0.358. The van der Waals surface area contributed by atoms with E-state index in [1.807, 2.05) is 0 Å². The van der Waals surface area contributed by atoms with Gasteiger partial charge in [-0.1, -0.05) is 42.0 Å². The molecular formula is C21H28N2. The Labute approximate surface area is 140 Å². The van der Waals surface area contributed by atoms with Crippen molar-refractivity contribution < 1.29 is 0 Å². The number of nitrogens with zero attached hydrogens (tertiary/aromatic N) is 1. The minimum Gasteiger partial charge on any atom is -0.314 e. The van der Waals surface area contributed by atoms with Gasteiger partial charge in [-0.15, -0.1) is 0 Å². The molecule has 0 amide bonds. The Morgan fingerprint density at radius 2 is 1.57 bits per heavy atom. The molecular weight excluding hydrogens is 280 g/mol. The molecule has 2 nitrogen and oxygen atoms in total. The van der Waals surface area contributed by atoms with Crippen LogP contribution in [-0.4, -0.2) is 31.1 Å². The Kier molecular flexibility index (Phi) is 4.84. The summed E-state index contributed by atoms with van der Waals surface area (Å²) >= 11 is 0. The summed E-state index contributed by atoms with van der Waals surface area (Å²) in [6, 6.07) is 14.1. The first-order valence-electron chi connectivity index (χ1n) is 8.65. The summed E-state index contributed by atoms with van der Waals surface area (Å²) in [6.07, 6.45) is 0. The Morgan fingerprint density at radius 1 is 0.870 bits per heavy atom. The maximum Gasteiger partial charge on any atom is 0.0605 e. The summed E-state index contributed by atoms with van der Waals surface area (Å²) in [4.78, 5) is 2.63. The van der Waals surface area contributed by atoms with Crippen molar-refractivity contribution in [3.8, 4) is 0 Å². The molecule has 1 aliphatic rings. The van der Waals surface area contributed by atoms with Crippen LogP contribution in [0.15, 0.2) is 36.4 Å². The first kappa shape index (κ1) is 16.2. The molecule has 1 aliphatic heterocycles. The second-order valence-corrected chi connectivity index (χ2v) is 6.90. The van der Waals surface area contributed by atoms with Gasteiger partial charge in [-0.05, 0) is 55.5 Å². The molecule has 2 heteroatoms. The van der Waals surface area contributed by atoms with E-state index in [1.165, 1.54) is 33.4 Å². The number of hydrogen-bond acceptors (Lipinski definition) is 2. The van der Waals surface area contributed by atoms with Gasteiger partial charge in [0, 0.05) is 26.2 Å². The van der Waals surface area contributed by atoms with E-state index in [0.29, 0.717) is 6.04 Å². The highest BCUT2D eigenvalue weighted by Crippen LogP contribution is 2.33. The molecule has 23 heavy (non-hydrogen) atoms. The quantitative estimate of drug-likeness (QED) is 0.924. The highest BCUT2D eigenvalue weighted by atomic mass is 15.2. The second kappa shape index (κ2) is 6.86. The first-order chi connectivity index (χ1) is 11.1. The lowest BCUT2D eigenvalue weighted by Crippen LogP contribution is -2.45. The Balaban J connectivity index is 2.09. The summed E-state index contributed by atoms with van der Waals surface area (Å²) in [6.45, 7) is 13.2. The molecule has 1 unspecified atom stereocenters. The van der Waals surface area contributed by atoms with Gasteiger partial charge in [-0.3, -0.25) is 4.90 Å². The van der Waals surface area contributed by atoms with Crippen LogP contribution >= 0.6 is 0 Å². The van der Waals surface area contributed by atoms with Crippen molar-refractivity contribution in [1.29, 1.82) is 0 Å². The van der Waals surface area contributed by atoms with Gasteiger partial charge in [-0.2, -0.15) is 0 Å². The maximum atomic E-state index is 3.48. The highest BCUT2D eigenvalue weighted by Gasteiger charge is 2.25. The molecule has 0 aliphatic carbocycles. The molecule has 122 valence electrons. The van der Waals surface area contributed by atoms with E-state index < -0.39 is 0 Å². The smallest absolute Gasteiger partial charge is 0.0605 e. The topological polar surface area (TPSA) is 15.3 Å². The van der Waals surface area contributed by atoms with Gasteiger partial charge in [0.25, 0.3) is 0 Å². The van der Waals surface area contributed by atoms with Gasteiger partial charge in [0.15, 0.2) is 0 Å². The third-order valence-corrected chi connectivity index (χ3v) is 5.05. The predicted molar refractivity (Wildman–Crippen MR) is 98.1 cm³/mol. The lowest BCUT2D eigenvalue weighted by molar-refractivity contribution is 0.198. The van der Waals surface area contributed by atoms with E-state index in [1.54, 1.807) is 0 Å². The molecule has 0 spiro atoms. The van der Waals surface area contributed by atoms with Crippen molar-refractivity contribution in [2.75, 3.05) is 26.2 Å². The van der Waals surface area contributed by atoms with E-state index in [4.69, 9.17) is 0 Å². The molecule has 1 saturated heterocycles. The van der Waals surface area contributed by atoms with Crippen LogP contribution in [0, 0.1) is 27.7 Å². The number of benzene rings is 2. The van der Waals surface area contributed by atoms with Crippen LogP contribution in [0.1, 0.15) is 39.4 Å². The monoisotopic (exact) mass is 308 g/mol. The fraction of sp³-hybridized carbons (Fsp3) is 0.429. The van der Waals surface area contributed by atoms with Crippen LogP contribution in [0.2, 0.25) is 0 Å². The van der Waals surface area contributed by atoms with E-state index in [2.05, 4.69) is 74.3 Å². The average Bonchev–Trinajstić information content (AvgIpc) is 2.54. The van der Waals surface area contributed by atoms with Crippen LogP contribution in [0.4, 0.5) is 0 Å². The maximum absolute atomic E-state index is 3.48. The van der Waals surface area contributed by atoms with Gasteiger partial charge in [0.1, 0.15) is 0 Å². The number of aryl methyl sites for hydroxylation is 4. The van der Waals surface area contributed by atoms with Crippen molar-refractivity contribution in [3.05, 3.63) is 69.8 Å². The van der Waals surface area contributed by atoms with E-state index in [-0.39, 0.29) is 0 Å². The fourth-order valence-electron chi connectivity index (χ4n) is 3.65. The fourth-order valence-corrected chi connectivity index (χ4v) is 3.65. The summed E-state index contributed by atoms with van der Waals surface area (Å²) in [7, 11) is 0. The molecule has 2 aromatic rings. The molecule has 1 N–H and O–H groups in total. The molecule has 0 saturated carbocycles. The first-order valence-corrected chi connectivity index (χ1v) is 8.65. The van der Waals surface area contributed by atoms with E-state index in [0.717, 1.165) is 26.2 Å². The zero-order valence-electron chi connectivity index (χ0n) is 14.8.